The van der Waals surface area contributed by atoms with Gasteiger partial charge in [0.2, 0.25) is 5.75 Å². The smallest absolute Gasteiger partial charge is 0.203 e. The lowest BCUT2D eigenvalue weighted by molar-refractivity contribution is 0.229. The second-order valence-electron chi connectivity index (χ2n) is 4.67. The molecule has 19 heavy (non-hydrogen) atoms. The first-order chi connectivity index (χ1) is 9.15. The maximum atomic E-state index is 5.90. The molecule has 3 nitrogen and oxygen atoms in total. The van der Waals surface area contributed by atoms with Gasteiger partial charge in [0.25, 0.3) is 0 Å². The van der Waals surface area contributed by atoms with Crippen molar-refractivity contribution >= 4 is 15.9 Å². The van der Waals surface area contributed by atoms with E-state index in [0.29, 0.717) is 18.3 Å². The van der Waals surface area contributed by atoms with E-state index in [9.17, 15) is 0 Å². The van der Waals surface area contributed by atoms with Gasteiger partial charge in [0, 0.05) is 5.33 Å². The molecular weight excluding hydrogens is 308 g/mol. The normalized spacial score (nSPS) is 12.1. The minimum Gasteiger partial charge on any atom is -0.493 e. The van der Waals surface area contributed by atoms with Crippen molar-refractivity contribution in [2.24, 2.45) is 5.92 Å². The molecule has 0 radical (unpaired) electrons. The molecule has 0 aliphatic rings. The first kappa shape index (κ1) is 16.2. The van der Waals surface area contributed by atoms with Crippen molar-refractivity contribution in [3.8, 4) is 17.2 Å². The van der Waals surface area contributed by atoms with Crippen molar-refractivity contribution in [1.82, 2.24) is 0 Å². The van der Waals surface area contributed by atoms with Crippen LogP contribution in [0.25, 0.3) is 0 Å². The summed E-state index contributed by atoms with van der Waals surface area (Å²) in [5.41, 5.74) is 1.10. The maximum Gasteiger partial charge on any atom is 0.203 e. The standard InChI is InChI=1S/C15H23BrO3/c1-5-6-11(2)10-19-15-13(17-3)7-12(9-16)8-14(15)18-4/h7-8,11H,5-6,9-10H2,1-4H3. The molecule has 1 aromatic carbocycles. The van der Waals surface area contributed by atoms with Crippen LogP contribution in [0.3, 0.4) is 0 Å². The van der Waals surface area contributed by atoms with Crippen LogP contribution in [-0.4, -0.2) is 20.8 Å². The molecule has 1 aromatic rings. The van der Waals surface area contributed by atoms with E-state index in [1.807, 2.05) is 12.1 Å². The van der Waals surface area contributed by atoms with Gasteiger partial charge >= 0.3 is 0 Å². The van der Waals surface area contributed by atoms with Gasteiger partial charge in [-0.05, 0) is 30.0 Å². The van der Waals surface area contributed by atoms with Crippen LogP contribution in [0.4, 0.5) is 0 Å². The molecule has 1 unspecified atom stereocenters. The molecule has 108 valence electrons. The number of alkyl halides is 1. The van der Waals surface area contributed by atoms with Crippen molar-refractivity contribution in [2.75, 3.05) is 20.8 Å². The lowest BCUT2D eigenvalue weighted by atomic mass is 10.1. The molecule has 1 atom stereocenters. The third-order valence-electron chi connectivity index (χ3n) is 2.97. The molecule has 0 aromatic heterocycles. The molecule has 0 amide bonds. The molecule has 0 aliphatic carbocycles. The Balaban J connectivity index is 2.90. The van der Waals surface area contributed by atoms with E-state index in [0.717, 1.165) is 28.8 Å². The Labute approximate surface area is 124 Å². The second kappa shape index (κ2) is 8.31. The fourth-order valence-corrected chi connectivity index (χ4v) is 2.28. The highest BCUT2D eigenvalue weighted by molar-refractivity contribution is 9.08. The molecular formula is C15H23BrO3. The minimum absolute atomic E-state index is 0.523. The Morgan fingerprint density at radius 1 is 1.16 bits per heavy atom. The first-order valence-electron chi connectivity index (χ1n) is 6.59. The van der Waals surface area contributed by atoms with Crippen LogP contribution in [0.5, 0.6) is 17.2 Å². The van der Waals surface area contributed by atoms with Crippen LogP contribution in [0.1, 0.15) is 32.3 Å². The van der Waals surface area contributed by atoms with Gasteiger partial charge in [-0.25, -0.2) is 0 Å². The number of ether oxygens (including phenoxy) is 3. The zero-order valence-electron chi connectivity index (χ0n) is 12.2. The van der Waals surface area contributed by atoms with Crippen molar-refractivity contribution < 1.29 is 14.2 Å². The van der Waals surface area contributed by atoms with Gasteiger partial charge in [-0.1, -0.05) is 36.2 Å². The number of halogens is 1. The van der Waals surface area contributed by atoms with E-state index in [-0.39, 0.29) is 0 Å². The van der Waals surface area contributed by atoms with Gasteiger partial charge in [0.15, 0.2) is 11.5 Å². The van der Waals surface area contributed by atoms with Crippen molar-refractivity contribution in [3.05, 3.63) is 17.7 Å². The van der Waals surface area contributed by atoms with E-state index < -0.39 is 0 Å². The molecule has 0 aliphatic heterocycles. The largest absolute Gasteiger partial charge is 0.493 e. The zero-order valence-corrected chi connectivity index (χ0v) is 13.7. The molecule has 1 rings (SSSR count). The Kier molecular flexibility index (Phi) is 7.06. The summed E-state index contributed by atoms with van der Waals surface area (Å²) in [7, 11) is 3.30. The Hall–Kier alpha value is -0.900. The van der Waals surface area contributed by atoms with E-state index in [4.69, 9.17) is 14.2 Å². The fourth-order valence-electron chi connectivity index (χ4n) is 1.96. The SMILES string of the molecule is CCCC(C)COc1c(OC)cc(CBr)cc1OC. The highest BCUT2D eigenvalue weighted by atomic mass is 79.9. The highest BCUT2D eigenvalue weighted by Gasteiger charge is 2.15. The monoisotopic (exact) mass is 330 g/mol. The predicted molar refractivity (Wildman–Crippen MR) is 81.7 cm³/mol. The van der Waals surface area contributed by atoms with E-state index in [2.05, 4.69) is 29.8 Å². The number of benzene rings is 1. The summed E-state index contributed by atoms with van der Waals surface area (Å²) in [4.78, 5) is 0. The molecule has 0 bridgehead atoms. The molecule has 0 saturated heterocycles. The Bertz CT molecular complexity index is 368. The molecule has 0 fully saturated rings. The fraction of sp³-hybridized carbons (Fsp3) is 0.600. The highest BCUT2D eigenvalue weighted by Crippen LogP contribution is 2.39. The van der Waals surface area contributed by atoms with Crippen LogP contribution in [0.15, 0.2) is 12.1 Å². The van der Waals surface area contributed by atoms with Crippen LogP contribution in [0, 0.1) is 5.92 Å². The number of methoxy groups -OCH3 is 2. The Morgan fingerprint density at radius 3 is 2.16 bits per heavy atom. The number of hydrogen-bond donors (Lipinski definition) is 0. The van der Waals surface area contributed by atoms with Crippen molar-refractivity contribution in [2.45, 2.75) is 32.0 Å². The van der Waals surface area contributed by atoms with E-state index in [1.54, 1.807) is 14.2 Å². The summed E-state index contributed by atoms with van der Waals surface area (Å²) in [6.07, 6.45) is 2.32. The quantitative estimate of drug-likeness (QED) is 0.660. The topological polar surface area (TPSA) is 27.7 Å². The summed E-state index contributed by atoms with van der Waals surface area (Å²) in [6, 6.07) is 3.94. The molecule has 0 heterocycles. The maximum absolute atomic E-state index is 5.90. The molecule has 4 heteroatoms. The van der Waals surface area contributed by atoms with Crippen LogP contribution in [-0.2, 0) is 5.33 Å². The first-order valence-corrected chi connectivity index (χ1v) is 7.72. The van der Waals surface area contributed by atoms with Crippen LogP contribution >= 0.6 is 15.9 Å². The molecule has 0 saturated carbocycles. The average molecular weight is 331 g/mol. The van der Waals surface area contributed by atoms with Crippen molar-refractivity contribution in [3.63, 3.8) is 0 Å². The summed E-state index contributed by atoms with van der Waals surface area (Å²) < 4.78 is 16.7. The zero-order chi connectivity index (χ0) is 14.3. The van der Waals surface area contributed by atoms with Gasteiger partial charge < -0.3 is 14.2 Å². The van der Waals surface area contributed by atoms with Crippen molar-refractivity contribution in [1.29, 1.82) is 0 Å². The average Bonchev–Trinajstić information content (AvgIpc) is 2.44. The second-order valence-corrected chi connectivity index (χ2v) is 5.23. The van der Waals surface area contributed by atoms with Gasteiger partial charge in [0.05, 0.1) is 20.8 Å². The van der Waals surface area contributed by atoms with Crippen LogP contribution in [0.2, 0.25) is 0 Å². The lowest BCUT2D eigenvalue weighted by Gasteiger charge is -2.18. The Morgan fingerprint density at radius 2 is 1.74 bits per heavy atom. The minimum atomic E-state index is 0.523. The van der Waals surface area contributed by atoms with E-state index >= 15 is 0 Å². The number of rotatable bonds is 8. The van der Waals surface area contributed by atoms with Gasteiger partial charge in [-0.2, -0.15) is 0 Å². The lowest BCUT2D eigenvalue weighted by Crippen LogP contribution is -2.09. The van der Waals surface area contributed by atoms with Gasteiger partial charge in [-0.3, -0.25) is 0 Å². The third kappa shape index (κ3) is 4.60. The summed E-state index contributed by atoms with van der Waals surface area (Å²) in [5, 5.41) is 0.756. The van der Waals surface area contributed by atoms with Gasteiger partial charge in [0.1, 0.15) is 0 Å². The predicted octanol–water partition coefficient (Wildman–Crippen LogP) is 4.41. The third-order valence-corrected chi connectivity index (χ3v) is 3.62. The summed E-state index contributed by atoms with van der Waals surface area (Å²) in [5.74, 6) is 2.66. The number of hydrogen-bond acceptors (Lipinski definition) is 3. The van der Waals surface area contributed by atoms with E-state index in [1.165, 1.54) is 6.42 Å². The molecule has 0 spiro atoms. The molecule has 0 N–H and O–H groups in total. The van der Waals surface area contributed by atoms with Gasteiger partial charge in [-0.15, -0.1) is 0 Å². The van der Waals surface area contributed by atoms with Crippen LogP contribution < -0.4 is 14.2 Å². The summed E-state index contributed by atoms with van der Waals surface area (Å²) in [6.45, 7) is 5.05. The summed E-state index contributed by atoms with van der Waals surface area (Å²) >= 11 is 3.44.